The smallest absolute Gasteiger partial charge is 0.0554 e. The van der Waals surface area contributed by atoms with Crippen LogP contribution in [0.3, 0.4) is 0 Å². The average Bonchev–Trinajstić information content (AvgIpc) is 2.19. The van der Waals surface area contributed by atoms with Crippen LogP contribution in [0.15, 0.2) is 22.7 Å². The van der Waals surface area contributed by atoms with E-state index in [9.17, 15) is 0 Å². The van der Waals surface area contributed by atoms with Gasteiger partial charge < -0.3 is 10.1 Å². The number of halogens is 2. The summed E-state index contributed by atoms with van der Waals surface area (Å²) in [6.45, 7) is 5.72. The zero-order valence-corrected chi connectivity index (χ0v) is 11.6. The van der Waals surface area contributed by atoms with Crippen LogP contribution in [0.2, 0.25) is 5.02 Å². The highest BCUT2D eigenvalue weighted by molar-refractivity contribution is 9.10. The van der Waals surface area contributed by atoms with Crippen molar-refractivity contribution < 1.29 is 4.74 Å². The zero-order chi connectivity index (χ0) is 11.6. The molecule has 16 heavy (non-hydrogen) atoms. The quantitative estimate of drug-likeness (QED) is 0.922. The monoisotopic (exact) mass is 303 g/mol. The molecule has 2 rings (SSSR count). The minimum Gasteiger partial charge on any atom is -0.380 e. The van der Waals surface area contributed by atoms with Gasteiger partial charge in [-0.05, 0) is 17.7 Å². The predicted molar refractivity (Wildman–Crippen MR) is 69.8 cm³/mol. The van der Waals surface area contributed by atoms with Gasteiger partial charge in [0.25, 0.3) is 0 Å². The first-order valence-corrected chi connectivity index (χ1v) is 6.49. The van der Waals surface area contributed by atoms with Gasteiger partial charge in [-0.2, -0.15) is 0 Å². The highest BCUT2D eigenvalue weighted by Crippen LogP contribution is 2.26. The van der Waals surface area contributed by atoms with Crippen LogP contribution in [0.1, 0.15) is 12.5 Å². The lowest BCUT2D eigenvalue weighted by atomic mass is 9.89. The van der Waals surface area contributed by atoms with Gasteiger partial charge in [-0.25, -0.2) is 0 Å². The van der Waals surface area contributed by atoms with Crippen LogP contribution in [0.25, 0.3) is 0 Å². The third kappa shape index (κ3) is 2.98. The lowest BCUT2D eigenvalue weighted by molar-refractivity contribution is -0.0991. The summed E-state index contributed by atoms with van der Waals surface area (Å²) in [4.78, 5) is 0. The molecule has 0 spiro atoms. The minimum atomic E-state index is 0.307. The molecule has 1 saturated heterocycles. The van der Waals surface area contributed by atoms with E-state index in [0.717, 1.165) is 41.4 Å². The maximum atomic E-state index is 6.13. The molecule has 0 amide bonds. The summed E-state index contributed by atoms with van der Waals surface area (Å²) in [7, 11) is 0. The van der Waals surface area contributed by atoms with Gasteiger partial charge in [0, 0.05) is 28.0 Å². The number of hydrogen-bond donors (Lipinski definition) is 1. The van der Waals surface area contributed by atoms with Crippen LogP contribution in [0.5, 0.6) is 0 Å². The SMILES string of the molecule is CC1(CNCc2ccc(Br)cc2Cl)COC1. The first kappa shape index (κ1) is 12.4. The lowest BCUT2D eigenvalue weighted by Crippen LogP contribution is -2.47. The Kier molecular flexibility index (Phi) is 3.90. The highest BCUT2D eigenvalue weighted by Gasteiger charge is 2.32. The van der Waals surface area contributed by atoms with Crippen molar-refractivity contribution in [3.05, 3.63) is 33.3 Å². The Hall–Kier alpha value is -0.0900. The second-order valence-corrected chi connectivity index (χ2v) is 5.97. The van der Waals surface area contributed by atoms with Gasteiger partial charge in [0.15, 0.2) is 0 Å². The molecular formula is C12H15BrClNO. The molecule has 0 aromatic heterocycles. The summed E-state index contributed by atoms with van der Waals surface area (Å²) in [6, 6.07) is 5.98. The molecule has 0 bridgehead atoms. The van der Waals surface area contributed by atoms with Crippen molar-refractivity contribution in [3.8, 4) is 0 Å². The molecule has 1 aliphatic heterocycles. The molecule has 0 atom stereocenters. The van der Waals surface area contributed by atoms with Crippen LogP contribution in [0, 0.1) is 5.41 Å². The third-order valence-corrected chi connectivity index (χ3v) is 3.63. The van der Waals surface area contributed by atoms with Crippen molar-refractivity contribution >= 4 is 27.5 Å². The fraction of sp³-hybridized carbons (Fsp3) is 0.500. The molecule has 1 aromatic carbocycles. The van der Waals surface area contributed by atoms with Crippen molar-refractivity contribution in [1.82, 2.24) is 5.32 Å². The molecule has 1 heterocycles. The second-order valence-electron chi connectivity index (χ2n) is 4.64. The van der Waals surface area contributed by atoms with E-state index in [0.29, 0.717) is 5.41 Å². The van der Waals surface area contributed by atoms with Gasteiger partial charge in [-0.15, -0.1) is 0 Å². The first-order chi connectivity index (χ1) is 7.59. The number of hydrogen-bond acceptors (Lipinski definition) is 2. The van der Waals surface area contributed by atoms with E-state index in [1.54, 1.807) is 0 Å². The Morgan fingerprint density at radius 3 is 2.81 bits per heavy atom. The van der Waals surface area contributed by atoms with E-state index in [4.69, 9.17) is 16.3 Å². The van der Waals surface area contributed by atoms with Gasteiger partial charge in [-0.1, -0.05) is 40.5 Å². The minimum absolute atomic E-state index is 0.307. The molecule has 1 aromatic rings. The van der Waals surface area contributed by atoms with Crippen molar-refractivity contribution in [2.45, 2.75) is 13.5 Å². The number of nitrogens with one attached hydrogen (secondary N) is 1. The van der Waals surface area contributed by atoms with E-state index >= 15 is 0 Å². The first-order valence-electron chi connectivity index (χ1n) is 5.31. The molecule has 0 unspecified atom stereocenters. The third-order valence-electron chi connectivity index (χ3n) is 2.78. The van der Waals surface area contributed by atoms with Crippen molar-refractivity contribution in [2.75, 3.05) is 19.8 Å². The molecule has 0 radical (unpaired) electrons. The number of ether oxygens (including phenoxy) is 1. The van der Waals surface area contributed by atoms with Crippen LogP contribution in [-0.4, -0.2) is 19.8 Å². The number of rotatable bonds is 4. The largest absolute Gasteiger partial charge is 0.380 e. The Morgan fingerprint density at radius 2 is 2.25 bits per heavy atom. The van der Waals surface area contributed by atoms with E-state index in [1.165, 1.54) is 0 Å². The Labute approximate surface area is 109 Å². The predicted octanol–water partition coefficient (Wildman–Crippen LogP) is 3.23. The van der Waals surface area contributed by atoms with E-state index < -0.39 is 0 Å². The molecular weight excluding hydrogens is 289 g/mol. The van der Waals surface area contributed by atoms with Crippen molar-refractivity contribution in [2.24, 2.45) is 5.41 Å². The molecule has 4 heteroatoms. The van der Waals surface area contributed by atoms with E-state index in [1.807, 2.05) is 18.2 Å². The average molecular weight is 305 g/mol. The highest BCUT2D eigenvalue weighted by atomic mass is 79.9. The summed E-state index contributed by atoms with van der Waals surface area (Å²) in [6.07, 6.45) is 0. The molecule has 1 aliphatic rings. The molecule has 1 fully saturated rings. The molecule has 1 N–H and O–H groups in total. The summed E-state index contributed by atoms with van der Waals surface area (Å²) in [5.41, 5.74) is 1.44. The van der Waals surface area contributed by atoms with E-state index in [2.05, 4.69) is 28.2 Å². The van der Waals surface area contributed by atoms with Crippen molar-refractivity contribution in [3.63, 3.8) is 0 Å². The van der Waals surface area contributed by atoms with Gasteiger partial charge in [0.1, 0.15) is 0 Å². The molecule has 2 nitrogen and oxygen atoms in total. The zero-order valence-electron chi connectivity index (χ0n) is 9.22. The molecule has 0 saturated carbocycles. The topological polar surface area (TPSA) is 21.3 Å². The summed E-state index contributed by atoms with van der Waals surface area (Å²) in [5, 5.41) is 4.23. The Morgan fingerprint density at radius 1 is 1.50 bits per heavy atom. The summed E-state index contributed by atoms with van der Waals surface area (Å²) >= 11 is 9.53. The summed E-state index contributed by atoms with van der Waals surface area (Å²) in [5.74, 6) is 0. The van der Waals surface area contributed by atoms with E-state index in [-0.39, 0.29) is 0 Å². The van der Waals surface area contributed by atoms with Gasteiger partial charge in [-0.3, -0.25) is 0 Å². The van der Waals surface area contributed by atoms with Crippen LogP contribution < -0.4 is 5.32 Å². The maximum absolute atomic E-state index is 6.13. The van der Waals surface area contributed by atoms with Gasteiger partial charge >= 0.3 is 0 Å². The second kappa shape index (κ2) is 5.05. The normalized spacial score (nSPS) is 18.2. The fourth-order valence-corrected chi connectivity index (χ4v) is 2.46. The maximum Gasteiger partial charge on any atom is 0.0554 e. The van der Waals surface area contributed by atoms with Crippen LogP contribution in [-0.2, 0) is 11.3 Å². The summed E-state index contributed by atoms with van der Waals surface area (Å²) < 4.78 is 6.22. The van der Waals surface area contributed by atoms with Crippen LogP contribution in [0.4, 0.5) is 0 Å². The Bertz CT molecular complexity index is 379. The van der Waals surface area contributed by atoms with Gasteiger partial charge in [0.2, 0.25) is 0 Å². The van der Waals surface area contributed by atoms with Crippen LogP contribution >= 0.6 is 27.5 Å². The number of benzene rings is 1. The lowest BCUT2D eigenvalue weighted by Gasteiger charge is -2.38. The Balaban J connectivity index is 1.85. The molecule has 0 aliphatic carbocycles. The van der Waals surface area contributed by atoms with Crippen molar-refractivity contribution in [1.29, 1.82) is 0 Å². The standard InChI is InChI=1S/C12H15BrClNO/c1-12(7-16-8-12)6-15-5-9-2-3-10(13)4-11(9)14/h2-4,15H,5-8H2,1H3. The van der Waals surface area contributed by atoms with Gasteiger partial charge in [0.05, 0.1) is 13.2 Å². The molecule has 88 valence electrons. The fourth-order valence-electron chi connectivity index (χ4n) is 1.72.